The van der Waals surface area contributed by atoms with E-state index in [9.17, 15) is 4.79 Å². The van der Waals surface area contributed by atoms with Gasteiger partial charge in [0.15, 0.2) is 0 Å². The summed E-state index contributed by atoms with van der Waals surface area (Å²) in [5.41, 5.74) is 6.35. The number of nitrogens with zero attached hydrogens (tertiary/aromatic N) is 2. The molecule has 2 rings (SSSR count). The topological polar surface area (TPSA) is 46.4 Å². The number of rotatable bonds is 3. The molecule has 2 aromatic rings. The minimum absolute atomic E-state index is 0.00676. The summed E-state index contributed by atoms with van der Waals surface area (Å²) in [5, 5.41) is 4.66. The van der Waals surface area contributed by atoms with E-state index in [1.165, 1.54) is 5.69 Å². The van der Waals surface area contributed by atoms with Crippen molar-refractivity contribution in [3.05, 3.63) is 57.9 Å². The third-order valence-corrected chi connectivity index (χ3v) is 3.87. The molecule has 23 heavy (non-hydrogen) atoms. The predicted molar refractivity (Wildman–Crippen MR) is 95.4 cm³/mol. The van der Waals surface area contributed by atoms with E-state index in [2.05, 4.69) is 55.8 Å². The van der Waals surface area contributed by atoms with Gasteiger partial charge in [0.05, 0.1) is 6.21 Å². The van der Waals surface area contributed by atoms with Gasteiger partial charge in [0.2, 0.25) is 0 Å². The van der Waals surface area contributed by atoms with Crippen LogP contribution in [0.3, 0.4) is 0 Å². The Hall–Kier alpha value is -2.07. The Labute approximate surface area is 142 Å². The minimum atomic E-state index is -0.262. The number of halogens is 1. The van der Waals surface area contributed by atoms with Crippen molar-refractivity contribution in [2.75, 3.05) is 0 Å². The lowest BCUT2D eigenvalue weighted by Gasteiger charge is -2.25. The Morgan fingerprint density at radius 2 is 1.83 bits per heavy atom. The lowest BCUT2D eigenvalue weighted by Crippen LogP contribution is -2.24. The van der Waals surface area contributed by atoms with Crippen LogP contribution < -0.4 is 5.43 Å². The van der Waals surface area contributed by atoms with Crippen LogP contribution in [-0.2, 0) is 5.54 Å². The van der Waals surface area contributed by atoms with E-state index in [1.54, 1.807) is 30.5 Å². The number of aromatic nitrogens is 1. The Bertz CT molecular complexity index is 737. The fourth-order valence-corrected chi connectivity index (χ4v) is 2.90. The van der Waals surface area contributed by atoms with Crippen molar-refractivity contribution in [2.24, 2.45) is 5.10 Å². The number of hydrogen-bond donors (Lipinski definition) is 1. The first-order valence-electron chi connectivity index (χ1n) is 7.48. The van der Waals surface area contributed by atoms with Gasteiger partial charge in [-0.3, -0.25) is 4.79 Å². The van der Waals surface area contributed by atoms with Crippen LogP contribution in [0.2, 0.25) is 5.02 Å². The van der Waals surface area contributed by atoms with Crippen LogP contribution in [0, 0.1) is 13.8 Å². The van der Waals surface area contributed by atoms with E-state index >= 15 is 0 Å². The number of hydrogen-bond acceptors (Lipinski definition) is 2. The molecule has 1 aromatic carbocycles. The highest BCUT2D eigenvalue weighted by Gasteiger charge is 2.18. The number of nitrogens with one attached hydrogen (secondary N) is 1. The average Bonchev–Trinajstić information content (AvgIpc) is 2.73. The van der Waals surface area contributed by atoms with Gasteiger partial charge >= 0.3 is 0 Å². The second-order valence-electron chi connectivity index (χ2n) is 6.54. The molecule has 1 aromatic heterocycles. The maximum Gasteiger partial charge on any atom is 0.271 e. The van der Waals surface area contributed by atoms with Gasteiger partial charge in [0.1, 0.15) is 0 Å². The van der Waals surface area contributed by atoms with Crippen LogP contribution >= 0.6 is 11.6 Å². The van der Waals surface area contributed by atoms with Gasteiger partial charge in [-0.1, -0.05) is 11.6 Å². The summed E-state index contributed by atoms with van der Waals surface area (Å²) in [6, 6.07) is 8.75. The molecule has 122 valence electrons. The van der Waals surface area contributed by atoms with Crippen molar-refractivity contribution in [3.8, 4) is 0 Å². The average molecular weight is 332 g/mol. The molecule has 5 heteroatoms. The molecule has 0 bridgehead atoms. The molecule has 0 radical (unpaired) electrons. The fraction of sp³-hybridized carbons (Fsp3) is 0.333. The van der Waals surface area contributed by atoms with Crippen LogP contribution in [-0.4, -0.2) is 16.7 Å². The van der Waals surface area contributed by atoms with Crippen LogP contribution in [0.4, 0.5) is 0 Å². The Balaban J connectivity index is 2.12. The summed E-state index contributed by atoms with van der Waals surface area (Å²) in [5.74, 6) is -0.262. The molecule has 0 saturated carbocycles. The first-order valence-corrected chi connectivity index (χ1v) is 7.86. The summed E-state index contributed by atoms with van der Waals surface area (Å²) in [6.45, 7) is 10.6. The standard InChI is InChI=1S/C18H22ClN3O/c1-12-10-15(13(2)22(12)18(3,4)5)11-20-21-17(23)14-6-8-16(19)9-7-14/h6-11H,1-5H3,(H,21,23)/b20-11-. The predicted octanol–water partition coefficient (Wildman–Crippen LogP) is 4.28. The van der Waals surface area contributed by atoms with E-state index < -0.39 is 0 Å². The molecular formula is C18H22ClN3O. The zero-order chi connectivity index (χ0) is 17.2. The fourth-order valence-electron chi connectivity index (χ4n) is 2.78. The number of benzene rings is 1. The summed E-state index contributed by atoms with van der Waals surface area (Å²) in [6.07, 6.45) is 1.68. The highest BCUT2D eigenvalue weighted by atomic mass is 35.5. The smallest absolute Gasteiger partial charge is 0.271 e. The van der Waals surface area contributed by atoms with Crippen molar-refractivity contribution in [1.29, 1.82) is 0 Å². The summed E-state index contributed by atoms with van der Waals surface area (Å²) < 4.78 is 2.26. The van der Waals surface area contributed by atoms with E-state index in [4.69, 9.17) is 11.6 Å². The van der Waals surface area contributed by atoms with Gasteiger partial charge in [-0.25, -0.2) is 5.43 Å². The van der Waals surface area contributed by atoms with Crippen molar-refractivity contribution < 1.29 is 4.79 Å². The van der Waals surface area contributed by atoms with Crippen LogP contribution in [0.25, 0.3) is 0 Å². The van der Waals surface area contributed by atoms with Crippen molar-refractivity contribution in [1.82, 2.24) is 9.99 Å². The maximum atomic E-state index is 12.0. The molecule has 0 aliphatic carbocycles. The second kappa shape index (κ2) is 6.59. The highest BCUT2D eigenvalue weighted by molar-refractivity contribution is 6.30. The second-order valence-corrected chi connectivity index (χ2v) is 6.98. The molecular weight excluding hydrogens is 310 g/mol. The molecule has 1 heterocycles. The zero-order valence-corrected chi connectivity index (χ0v) is 14.9. The molecule has 0 spiro atoms. The molecule has 0 atom stereocenters. The largest absolute Gasteiger partial charge is 0.343 e. The maximum absolute atomic E-state index is 12.0. The Morgan fingerprint density at radius 1 is 1.22 bits per heavy atom. The number of amides is 1. The van der Waals surface area contributed by atoms with Gasteiger partial charge < -0.3 is 4.57 Å². The molecule has 0 fully saturated rings. The number of aryl methyl sites for hydroxylation is 1. The molecule has 1 N–H and O–H groups in total. The Kier molecular flexibility index (Phi) is 4.95. The summed E-state index contributed by atoms with van der Waals surface area (Å²) in [7, 11) is 0. The number of hydrazone groups is 1. The third kappa shape index (κ3) is 4.02. The first kappa shape index (κ1) is 17.3. The normalized spacial score (nSPS) is 11.9. The first-order chi connectivity index (χ1) is 10.7. The van der Waals surface area contributed by atoms with Gasteiger partial charge in [-0.15, -0.1) is 0 Å². The molecule has 0 aliphatic heterocycles. The van der Waals surface area contributed by atoms with Crippen LogP contribution in [0.1, 0.15) is 48.1 Å². The molecule has 0 unspecified atom stereocenters. The third-order valence-electron chi connectivity index (χ3n) is 3.62. The summed E-state index contributed by atoms with van der Waals surface area (Å²) >= 11 is 5.81. The molecule has 4 nitrogen and oxygen atoms in total. The van der Waals surface area contributed by atoms with Crippen molar-refractivity contribution >= 4 is 23.7 Å². The SMILES string of the molecule is Cc1cc(/C=N\NC(=O)c2ccc(Cl)cc2)c(C)n1C(C)(C)C. The monoisotopic (exact) mass is 331 g/mol. The van der Waals surface area contributed by atoms with E-state index in [-0.39, 0.29) is 11.4 Å². The molecule has 0 saturated heterocycles. The van der Waals surface area contributed by atoms with Crippen molar-refractivity contribution in [2.45, 2.75) is 40.2 Å². The summed E-state index contributed by atoms with van der Waals surface area (Å²) in [4.78, 5) is 12.0. The van der Waals surface area contributed by atoms with Crippen LogP contribution in [0.5, 0.6) is 0 Å². The lowest BCUT2D eigenvalue weighted by atomic mass is 10.1. The molecule has 0 aliphatic rings. The number of carbonyl (C=O) groups excluding carboxylic acids is 1. The minimum Gasteiger partial charge on any atom is -0.343 e. The highest BCUT2D eigenvalue weighted by Crippen LogP contribution is 2.23. The zero-order valence-electron chi connectivity index (χ0n) is 14.1. The van der Waals surface area contributed by atoms with Gasteiger partial charge in [-0.2, -0.15) is 5.10 Å². The van der Waals surface area contributed by atoms with E-state index in [0.717, 1.165) is 11.3 Å². The Morgan fingerprint density at radius 3 is 2.35 bits per heavy atom. The van der Waals surface area contributed by atoms with E-state index in [0.29, 0.717) is 10.6 Å². The van der Waals surface area contributed by atoms with Gasteiger partial charge in [-0.05, 0) is 65.0 Å². The van der Waals surface area contributed by atoms with Crippen molar-refractivity contribution in [3.63, 3.8) is 0 Å². The van der Waals surface area contributed by atoms with Gasteiger partial charge in [0.25, 0.3) is 5.91 Å². The molecule has 1 amide bonds. The van der Waals surface area contributed by atoms with Crippen LogP contribution in [0.15, 0.2) is 35.4 Å². The number of carbonyl (C=O) groups is 1. The van der Waals surface area contributed by atoms with E-state index in [1.807, 2.05) is 0 Å². The quantitative estimate of drug-likeness (QED) is 0.662. The lowest BCUT2D eigenvalue weighted by molar-refractivity contribution is 0.0955. The van der Waals surface area contributed by atoms with Gasteiger partial charge in [0, 0.05) is 33.1 Å².